The number of carbonyl (C=O) groups is 1. The van der Waals surface area contributed by atoms with Crippen LogP contribution in [0.2, 0.25) is 0 Å². The van der Waals surface area contributed by atoms with Crippen LogP contribution in [-0.4, -0.2) is 11.3 Å². The molecule has 0 aliphatic heterocycles. The lowest BCUT2D eigenvalue weighted by Crippen LogP contribution is -2.20. The summed E-state index contributed by atoms with van der Waals surface area (Å²) in [7, 11) is 0. The molecule has 0 bridgehead atoms. The highest BCUT2D eigenvalue weighted by Gasteiger charge is 2.10. The Morgan fingerprint density at radius 2 is 2.21 bits per heavy atom. The number of rotatable bonds is 2. The summed E-state index contributed by atoms with van der Waals surface area (Å²) in [6.45, 7) is 3.35. The number of aryl methyl sites for hydroxylation is 1. The van der Waals surface area contributed by atoms with Gasteiger partial charge in [0.25, 0.3) is 0 Å². The van der Waals surface area contributed by atoms with E-state index in [0.29, 0.717) is 5.69 Å². The van der Waals surface area contributed by atoms with Crippen molar-refractivity contribution < 1.29 is 9.18 Å². The molecule has 0 heterocycles. The highest BCUT2D eigenvalue weighted by molar-refractivity contribution is 6.32. The van der Waals surface area contributed by atoms with E-state index < -0.39 is 5.38 Å². The third kappa shape index (κ3) is 2.70. The first-order chi connectivity index (χ1) is 6.50. The van der Waals surface area contributed by atoms with Crippen LogP contribution in [0.4, 0.5) is 10.1 Å². The van der Waals surface area contributed by atoms with Crippen LogP contribution >= 0.6 is 11.6 Å². The van der Waals surface area contributed by atoms with Gasteiger partial charge in [-0.1, -0.05) is 6.07 Å². The Labute approximate surface area is 87.1 Å². The summed E-state index contributed by atoms with van der Waals surface area (Å²) < 4.78 is 12.8. The van der Waals surface area contributed by atoms with Crippen molar-refractivity contribution in [1.82, 2.24) is 0 Å². The van der Waals surface area contributed by atoms with Crippen LogP contribution in [0.3, 0.4) is 0 Å². The van der Waals surface area contributed by atoms with E-state index in [9.17, 15) is 9.18 Å². The molecule has 0 radical (unpaired) electrons. The molecule has 1 aromatic rings. The lowest BCUT2D eigenvalue weighted by Gasteiger charge is -2.09. The SMILES string of the molecule is Cc1ccc(F)cc1NC(=O)[C@@H](C)Cl. The third-order valence-electron chi connectivity index (χ3n) is 1.82. The van der Waals surface area contributed by atoms with E-state index in [0.717, 1.165) is 5.56 Å². The smallest absolute Gasteiger partial charge is 0.242 e. The molecule has 0 unspecified atom stereocenters. The van der Waals surface area contributed by atoms with Gasteiger partial charge in [-0.05, 0) is 31.5 Å². The minimum Gasteiger partial charge on any atom is -0.324 e. The Morgan fingerprint density at radius 3 is 2.79 bits per heavy atom. The van der Waals surface area contributed by atoms with Crippen molar-refractivity contribution in [3.63, 3.8) is 0 Å². The molecule has 1 aromatic carbocycles. The average Bonchev–Trinajstić information content (AvgIpc) is 2.11. The summed E-state index contributed by atoms with van der Waals surface area (Å²) in [5, 5.41) is 1.91. The van der Waals surface area contributed by atoms with Crippen LogP contribution in [0.15, 0.2) is 18.2 Å². The van der Waals surface area contributed by atoms with Crippen molar-refractivity contribution >= 4 is 23.2 Å². The number of hydrogen-bond acceptors (Lipinski definition) is 1. The number of benzene rings is 1. The van der Waals surface area contributed by atoms with Gasteiger partial charge in [-0.2, -0.15) is 0 Å². The first kappa shape index (κ1) is 11.0. The van der Waals surface area contributed by atoms with Crippen LogP contribution in [-0.2, 0) is 4.79 Å². The Hall–Kier alpha value is -1.09. The topological polar surface area (TPSA) is 29.1 Å². The van der Waals surface area contributed by atoms with Crippen molar-refractivity contribution in [3.05, 3.63) is 29.6 Å². The normalized spacial score (nSPS) is 12.3. The highest BCUT2D eigenvalue weighted by Crippen LogP contribution is 2.16. The molecular formula is C10H11ClFNO. The fraction of sp³-hybridized carbons (Fsp3) is 0.300. The molecule has 14 heavy (non-hydrogen) atoms. The van der Waals surface area contributed by atoms with Gasteiger partial charge in [-0.15, -0.1) is 11.6 Å². The monoisotopic (exact) mass is 215 g/mol. The van der Waals surface area contributed by atoms with E-state index in [1.165, 1.54) is 12.1 Å². The van der Waals surface area contributed by atoms with E-state index >= 15 is 0 Å². The van der Waals surface area contributed by atoms with Crippen LogP contribution in [0.25, 0.3) is 0 Å². The predicted octanol–water partition coefficient (Wildman–Crippen LogP) is 2.70. The van der Waals surface area contributed by atoms with Gasteiger partial charge < -0.3 is 5.32 Å². The zero-order chi connectivity index (χ0) is 10.7. The molecule has 1 amide bonds. The minimum atomic E-state index is -0.627. The maximum atomic E-state index is 12.8. The zero-order valence-corrected chi connectivity index (χ0v) is 8.73. The molecule has 0 aliphatic rings. The van der Waals surface area contributed by atoms with Crippen LogP contribution < -0.4 is 5.32 Å². The summed E-state index contributed by atoms with van der Waals surface area (Å²) in [5.74, 6) is -0.714. The Balaban J connectivity index is 2.86. The molecule has 0 fully saturated rings. The predicted molar refractivity (Wildman–Crippen MR) is 55.1 cm³/mol. The molecule has 2 nitrogen and oxygen atoms in total. The van der Waals surface area contributed by atoms with Crippen LogP contribution in [0, 0.1) is 12.7 Å². The number of halogens is 2. The summed E-state index contributed by atoms with van der Waals surface area (Å²) in [4.78, 5) is 11.2. The molecule has 0 saturated heterocycles. The van der Waals surface area contributed by atoms with E-state index in [1.54, 1.807) is 19.9 Å². The second-order valence-electron chi connectivity index (χ2n) is 3.06. The highest BCUT2D eigenvalue weighted by atomic mass is 35.5. The van der Waals surface area contributed by atoms with E-state index in [2.05, 4.69) is 5.32 Å². The van der Waals surface area contributed by atoms with Gasteiger partial charge in [-0.3, -0.25) is 4.79 Å². The molecule has 0 spiro atoms. The lowest BCUT2D eigenvalue weighted by atomic mass is 10.2. The first-order valence-corrected chi connectivity index (χ1v) is 4.65. The fourth-order valence-corrected chi connectivity index (χ4v) is 1.02. The maximum absolute atomic E-state index is 12.8. The fourth-order valence-electron chi connectivity index (χ4n) is 0.961. The van der Waals surface area contributed by atoms with E-state index in [1.807, 2.05) is 0 Å². The van der Waals surface area contributed by atoms with Crippen LogP contribution in [0.5, 0.6) is 0 Å². The Bertz CT molecular complexity index is 352. The van der Waals surface area contributed by atoms with Gasteiger partial charge in [0.15, 0.2) is 0 Å². The lowest BCUT2D eigenvalue weighted by molar-refractivity contribution is -0.115. The standard InChI is InChI=1S/C10H11ClFNO/c1-6-3-4-8(12)5-9(6)13-10(14)7(2)11/h3-5,7H,1-2H3,(H,13,14)/t7-/m1/s1. The molecule has 76 valence electrons. The molecule has 1 atom stereocenters. The summed E-state index contributed by atoms with van der Waals surface area (Å²) in [6, 6.07) is 4.21. The third-order valence-corrected chi connectivity index (χ3v) is 2.02. The summed E-state index contributed by atoms with van der Waals surface area (Å²) in [6.07, 6.45) is 0. The van der Waals surface area contributed by atoms with Crippen molar-refractivity contribution in [3.8, 4) is 0 Å². The Kier molecular flexibility index (Phi) is 3.47. The van der Waals surface area contributed by atoms with Gasteiger partial charge in [0.2, 0.25) is 5.91 Å². The van der Waals surface area contributed by atoms with Gasteiger partial charge in [0.05, 0.1) is 0 Å². The van der Waals surface area contributed by atoms with Crippen LogP contribution in [0.1, 0.15) is 12.5 Å². The molecular weight excluding hydrogens is 205 g/mol. The van der Waals surface area contributed by atoms with E-state index in [-0.39, 0.29) is 11.7 Å². The average molecular weight is 216 g/mol. The maximum Gasteiger partial charge on any atom is 0.242 e. The number of amides is 1. The summed E-state index contributed by atoms with van der Waals surface area (Å²) >= 11 is 5.56. The van der Waals surface area contributed by atoms with Crippen molar-refractivity contribution in [2.24, 2.45) is 0 Å². The number of alkyl halides is 1. The number of anilines is 1. The summed E-state index contributed by atoms with van der Waals surface area (Å²) in [5.41, 5.74) is 1.26. The van der Waals surface area contributed by atoms with Gasteiger partial charge in [0.1, 0.15) is 11.2 Å². The molecule has 4 heteroatoms. The van der Waals surface area contributed by atoms with E-state index in [4.69, 9.17) is 11.6 Å². The zero-order valence-electron chi connectivity index (χ0n) is 7.97. The quantitative estimate of drug-likeness (QED) is 0.756. The van der Waals surface area contributed by atoms with Gasteiger partial charge in [-0.25, -0.2) is 4.39 Å². The second kappa shape index (κ2) is 4.42. The van der Waals surface area contributed by atoms with Crippen molar-refractivity contribution in [1.29, 1.82) is 0 Å². The van der Waals surface area contributed by atoms with Crippen molar-refractivity contribution in [2.45, 2.75) is 19.2 Å². The number of nitrogens with one attached hydrogen (secondary N) is 1. The second-order valence-corrected chi connectivity index (χ2v) is 3.72. The van der Waals surface area contributed by atoms with Gasteiger partial charge >= 0.3 is 0 Å². The van der Waals surface area contributed by atoms with Gasteiger partial charge in [0, 0.05) is 5.69 Å². The molecule has 0 aromatic heterocycles. The number of hydrogen-bond donors (Lipinski definition) is 1. The van der Waals surface area contributed by atoms with Crippen molar-refractivity contribution in [2.75, 3.05) is 5.32 Å². The molecule has 1 N–H and O–H groups in total. The Morgan fingerprint density at radius 1 is 1.57 bits per heavy atom. The number of carbonyl (C=O) groups excluding carboxylic acids is 1. The molecule has 0 saturated carbocycles. The minimum absolute atomic E-state index is 0.333. The first-order valence-electron chi connectivity index (χ1n) is 4.22. The largest absolute Gasteiger partial charge is 0.324 e. The molecule has 0 aliphatic carbocycles. The molecule has 1 rings (SSSR count).